The van der Waals surface area contributed by atoms with Gasteiger partial charge in [0, 0.05) is 6.54 Å². The van der Waals surface area contributed by atoms with Gasteiger partial charge in [-0.15, -0.1) is 0 Å². The van der Waals surface area contributed by atoms with E-state index < -0.39 is 16.1 Å². The number of rotatable bonds is 5. The fraction of sp³-hybridized carbons (Fsp3) is 0.353. The Hall–Kier alpha value is -2.12. The maximum atomic E-state index is 12.9. The number of benzene rings is 1. The summed E-state index contributed by atoms with van der Waals surface area (Å²) in [5, 5.41) is 2.77. The summed E-state index contributed by atoms with van der Waals surface area (Å²) in [5.74, 6) is 0.349. The number of piperidine rings is 1. The van der Waals surface area contributed by atoms with Gasteiger partial charge in [-0.2, -0.15) is 4.31 Å². The van der Waals surface area contributed by atoms with E-state index in [1.165, 1.54) is 10.6 Å². The summed E-state index contributed by atoms with van der Waals surface area (Å²) in [5.41, 5.74) is 0. The summed E-state index contributed by atoms with van der Waals surface area (Å²) in [6.45, 7) is 0.609. The third kappa shape index (κ3) is 3.52. The highest BCUT2D eigenvalue weighted by molar-refractivity contribution is 7.89. The summed E-state index contributed by atoms with van der Waals surface area (Å²) < 4.78 is 32.2. The molecule has 0 aliphatic carbocycles. The number of carbonyl (C=O) groups excluding carboxylic acids is 1. The Balaban J connectivity index is 1.76. The minimum absolute atomic E-state index is 0.218. The first-order valence-electron chi connectivity index (χ1n) is 7.96. The third-order valence-corrected chi connectivity index (χ3v) is 6.05. The highest BCUT2D eigenvalue weighted by Gasteiger charge is 2.37. The molecule has 1 aromatic carbocycles. The highest BCUT2D eigenvalue weighted by atomic mass is 32.2. The van der Waals surface area contributed by atoms with Crippen LogP contribution in [0.15, 0.2) is 58.0 Å². The van der Waals surface area contributed by atoms with Crippen LogP contribution < -0.4 is 5.32 Å². The minimum Gasteiger partial charge on any atom is -0.467 e. The smallest absolute Gasteiger partial charge is 0.243 e. The van der Waals surface area contributed by atoms with E-state index in [4.69, 9.17) is 4.42 Å². The number of nitrogens with one attached hydrogen (secondary N) is 1. The lowest BCUT2D eigenvalue weighted by molar-refractivity contribution is -0.125. The molecule has 1 amide bonds. The normalized spacial score (nSPS) is 19.1. The van der Waals surface area contributed by atoms with Crippen molar-refractivity contribution in [2.45, 2.75) is 36.7 Å². The van der Waals surface area contributed by atoms with Gasteiger partial charge in [-0.1, -0.05) is 24.6 Å². The van der Waals surface area contributed by atoms with Gasteiger partial charge in [0.25, 0.3) is 0 Å². The lowest BCUT2D eigenvalue weighted by atomic mass is 10.0. The SMILES string of the molecule is O=C(NCc1ccco1)C1CCCCN1S(=O)(=O)c1ccccc1. The third-order valence-electron chi connectivity index (χ3n) is 4.12. The molecule has 0 saturated carbocycles. The van der Waals surface area contributed by atoms with E-state index in [1.54, 1.807) is 42.5 Å². The van der Waals surface area contributed by atoms with E-state index in [1.807, 2.05) is 0 Å². The maximum Gasteiger partial charge on any atom is 0.243 e. The minimum atomic E-state index is -3.68. The van der Waals surface area contributed by atoms with Crippen molar-refractivity contribution in [3.05, 3.63) is 54.5 Å². The number of nitrogens with zero attached hydrogens (tertiary/aromatic N) is 1. The average Bonchev–Trinajstić information content (AvgIpc) is 3.14. The van der Waals surface area contributed by atoms with Crippen molar-refractivity contribution >= 4 is 15.9 Å². The summed E-state index contributed by atoms with van der Waals surface area (Å²) >= 11 is 0. The number of hydrogen-bond acceptors (Lipinski definition) is 4. The Kier molecular flexibility index (Phi) is 5.01. The van der Waals surface area contributed by atoms with Crippen molar-refractivity contribution in [1.29, 1.82) is 0 Å². The van der Waals surface area contributed by atoms with Crippen molar-refractivity contribution < 1.29 is 17.6 Å². The van der Waals surface area contributed by atoms with E-state index in [0.717, 1.165) is 12.8 Å². The van der Waals surface area contributed by atoms with Crippen LogP contribution in [0.1, 0.15) is 25.0 Å². The highest BCUT2D eigenvalue weighted by Crippen LogP contribution is 2.25. The van der Waals surface area contributed by atoms with Gasteiger partial charge in [-0.05, 0) is 37.1 Å². The summed E-state index contributed by atoms with van der Waals surface area (Å²) in [4.78, 5) is 12.7. The molecule has 2 aromatic rings. The van der Waals surface area contributed by atoms with E-state index in [-0.39, 0.29) is 17.3 Å². The van der Waals surface area contributed by atoms with Crippen LogP contribution >= 0.6 is 0 Å². The van der Waals surface area contributed by atoms with Crippen LogP contribution in [0.4, 0.5) is 0 Å². The molecule has 2 heterocycles. The zero-order chi connectivity index (χ0) is 17.0. The first kappa shape index (κ1) is 16.7. The Morgan fingerprint density at radius 2 is 1.96 bits per heavy atom. The van der Waals surface area contributed by atoms with Gasteiger partial charge in [0.1, 0.15) is 11.8 Å². The number of carbonyl (C=O) groups is 1. The van der Waals surface area contributed by atoms with Gasteiger partial charge in [0.15, 0.2) is 0 Å². The zero-order valence-electron chi connectivity index (χ0n) is 13.2. The van der Waals surface area contributed by atoms with E-state index in [0.29, 0.717) is 18.7 Å². The molecule has 3 rings (SSSR count). The molecule has 1 fully saturated rings. The molecule has 1 unspecified atom stereocenters. The van der Waals surface area contributed by atoms with Crippen LogP contribution in [0.5, 0.6) is 0 Å². The van der Waals surface area contributed by atoms with Crippen molar-refractivity contribution in [2.24, 2.45) is 0 Å². The second kappa shape index (κ2) is 7.19. The molecule has 7 heteroatoms. The Morgan fingerprint density at radius 3 is 2.67 bits per heavy atom. The summed E-state index contributed by atoms with van der Waals surface area (Å²) in [6.07, 6.45) is 3.65. The lowest BCUT2D eigenvalue weighted by Crippen LogP contribution is -2.51. The fourth-order valence-corrected chi connectivity index (χ4v) is 4.57. The summed E-state index contributed by atoms with van der Waals surface area (Å²) in [6, 6.07) is 11.1. The van der Waals surface area contributed by atoms with Crippen molar-refractivity contribution in [2.75, 3.05) is 6.54 Å². The number of hydrogen-bond donors (Lipinski definition) is 1. The van der Waals surface area contributed by atoms with E-state index in [2.05, 4.69) is 5.32 Å². The fourth-order valence-electron chi connectivity index (χ4n) is 2.89. The lowest BCUT2D eigenvalue weighted by Gasteiger charge is -2.33. The van der Waals surface area contributed by atoms with Crippen molar-refractivity contribution in [1.82, 2.24) is 9.62 Å². The quantitative estimate of drug-likeness (QED) is 0.898. The zero-order valence-corrected chi connectivity index (χ0v) is 14.0. The maximum absolute atomic E-state index is 12.9. The van der Waals surface area contributed by atoms with Gasteiger partial charge in [-0.25, -0.2) is 8.42 Å². The van der Waals surface area contributed by atoms with Crippen molar-refractivity contribution in [3.63, 3.8) is 0 Å². The van der Waals surface area contributed by atoms with Crippen LogP contribution in [0.3, 0.4) is 0 Å². The second-order valence-corrected chi connectivity index (χ2v) is 7.63. The molecule has 1 atom stereocenters. The molecule has 0 spiro atoms. The Labute approximate surface area is 141 Å². The van der Waals surface area contributed by atoms with E-state index in [9.17, 15) is 13.2 Å². The van der Waals surface area contributed by atoms with Crippen LogP contribution in [-0.2, 0) is 21.4 Å². The molecular formula is C17H20N2O4S. The molecule has 6 nitrogen and oxygen atoms in total. The topological polar surface area (TPSA) is 79.6 Å². The molecule has 0 bridgehead atoms. The second-order valence-electron chi connectivity index (χ2n) is 5.74. The van der Waals surface area contributed by atoms with Gasteiger partial charge in [0.2, 0.25) is 15.9 Å². The number of amides is 1. The molecule has 1 N–H and O–H groups in total. The Morgan fingerprint density at radius 1 is 1.17 bits per heavy atom. The molecule has 24 heavy (non-hydrogen) atoms. The standard InChI is InChI=1S/C17H20N2O4S/c20-17(18-13-14-7-6-12-23-14)16-10-4-5-11-19(16)24(21,22)15-8-2-1-3-9-15/h1-3,6-9,12,16H,4-5,10-11,13H2,(H,18,20). The predicted molar refractivity (Wildman–Crippen MR) is 88.5 cm³/mol. The molecule has 1 aliphatic heterocycles. The van der Waals surface area contributed by atoms with Crippen LogP contribution in [0.2, 0.25) is 0 Å². The average molecular weight is 348 g/mol. The Bertz CT molecular complexity index is 772. The monoisotopic (exact) mass is 348 g/mol. The molecule has 1 aliphatic rings. The van der Waals surface area contributed by atoms with Crippen LogP contribution in [-0.4, -0.2) is 31.2 Å². The first-order chi connectivity index (χ1) is 11.6. The number of furan rings is 1. The van der Waals surface area contributed by atoms with Crippen LogP contribution in [0, 0.1) is 0 Å². The van der Waals surface area contributed by atoms with Crippen molar-refractivity contribution in [3.8, 4) is 0 Å². The van der Waals surface area contributed by atoms with E-state index >= 15 is 0 Å². The number of sulfonamides is 1. The van der Waals surface area contributed by atoms with Crippen LogP contribution in [0.25, 0.3) is 0 Å². The largest absolute Gasteiger partial charge is 0.467 e. The molecular weight excluding hydrogens is 328 g/mol. The molecule has 1 saturated heterocycles. The van der Waals surface area contributed by atoms with Gasteiger partial charge in [0.05, 0.1) is 17.7 Å². The first-order valence-corrected chi connectivity index (χ1v) is 9.40. The van der Waals surface area contributed by atoms with Gasteiger partial charge in [-0.3, -0.25) is 4.79 Å². The summed E-state index contributed by atoms with van der Waals surface area (Å²) in [7, 11) is -3.68. The van der Waals surface area contributed by atoms with Gasteiger partial charge >= 0.3 is 0 Å². The van der Waals surface area contributed by atoms with Gasteiger partial charge < -0.3 is 9.73 Å². The molecule has 128 valence electrons. The predicted octanol–water partition coefficient (Wildman–Crippen LogP) is 2.14. The molecule has 1 aromatic heterocycles. The molecule has 0 radical (unpaired) electrons.